The Morgan fingerprint density at radius 2 is 1.76 bits per heavy atom. The van der Waals surface area contributed by atoms with Gasteiger partial charge in [-0.05, 0) is 86.3 Å². The summed E-state index contributed by atoms with van der Waals surface area (Å²) in [5.41, 5.74) is 0.637. The minimum Gasteiger partial charge on any atom is -0.382 e. The number of carbonyl (C=O) groups is 1. The van der Waals surface area contributed by atoms with Crippen LogP contribution in [0.15, 0.2) is 35.9 Å². The van der Waals surface area contributed by atoms with Gasteiger partial charge in [-0.1, -0.05) is 37.6 Å². The topological polar surface area (TPSA) is 66.8 Å². The molecule has 3 fully saturated rings. The van der Waals surface area contributed by atoms with Crippen LogP contribution in [-0.2, 0) is 16.1 Å². The molecular weight excluding hydrogens is 419 g/mol. The van der Waals surface area contributed by atoms with Gasteiger partial charge in [0.2, 0.25) is 0 Å². The molecule has 5 rings (SSSR count). The number of halogens is 1. The highest BCUT2D eigenvalue weighted by Gasteiger charge is 2.65. The molecule has 1 aromatic rings. The third kappa shape index (κ3) is 3.45. The maximum Gasteiger partial charge on any atom is 0.169 e. The molecule has 1 aromatic carbocycles. The molecule has 180 valence electrons. The van der Waals surface area contributed by atoms with Crippen LogP contribution in [0.4, 0.5) is 4.39 Å². The predicted molar refractivity (Wildman–Crippen MR) is 123 cm³/mol. The lowest BCUT2D eigenvalue weighted by molar-refractivity contribution is -0.232. The molecule has 5 heteroatoms. The highest BCUT2D eigenvalue weighted by Crippen LogP contribution is 2.67. The minimum atomic E-state index is -1.20. The Hall–Kier alpha value is -1.56. The highest BCUT2D eigenvalue weighted by atomic mass is 19.1. The molecule has 0 spiro atoms. The standard InChI is InChI=1S/C28H37FO4/c1-18(30)28(32)13-11-24-22-9-6-20-16-27(31,33-17-19-4-7-21(29)8-5-19)15-14-25(20,2)23(22)10-12-26(24,28)3/h4-8,22-24,31-32H,9-17H2,1-3H3. The number of ketones is 1. The summed E-state index contributed by atoms with van der Waals surface area (Å²) in [6.07, 6.45) is 8.59. The van der Waals surface area contributed by atoms with Gasteiger partial charge in [-0.2, -0.15) is 0 Å². The molecule has 7 atom stereocenters. The van der Waals surface area contributed by atoms with Gasteiger partial charge in [-0.3, -0.25) is 4.79 Å². The van der Waals surface area contributed by atoms with Crippen molar-refractivity contribution in [2.45, 2.75) is 90.1 Å². The molecule has 7 unspecified atom stereocenters. The average Bonchev–Trinajstić information content (AvgIpc) is 3.06. The fourth-order valence-electron chi connectivity index (χ4n) is 8.13. The van der Waals surface area contributed by atoms with Crippen LogP contribution in [0.25, 0.3) is 0 Å². The Bertz CT molecular complexity index is 973. The maximum atomic E-state index is 13.2. The van der Waals surface area contributed by atoms with Crippen molar-refractivity contribution >= 4 is 5.78 Å². The van der Waals surface area contributed by atoms with Crippen molar-refractivity contribution < 1.29 is 24.1 Å². The quantitative estimate of drug-likeness (QED) is 0.476. The SMILES string of the molecule is CC(=O)C1(O)CCC2C3CC=C4CC(O)(OCc5ccc(F)cc5)CCC4(C)C3CCC21C. The molecule has 0 aromatic heterocycles. The Balaban J connectivity index is 1.34. The predicted octanol–water partition coefficient (Wildman–Crippen LogP) is 5.31. The van der Waals surface area contributed by atoms with E-state index in [9.17, 15) is 19.4 Å². The molecule has 0 bridgehead atoms. The first kappa shape index (κ1) is 23.2. The zero-order chi connectivity index (χ0) is 23.6. The Kier molecular flexibility index (Phi) is 5.43. The van der Waals surface area contributed by atoms with E-state index in [0.717, 1.165) is 37.7 Å². The van der Waals surface area contributed by atoms with Gasteiger partial charge in [-0.15, -0.1) is 0 Å². The number of carbonyl (C=O) groups excluding carboxylic acids is 1. The van der Waals surface area contributed by atoms with Crippen LogP contribution in [0.3, 0.4) is 0 Å². The van der Waals surface area contributed by atoms with Gasteiger partial charge in [0.05, 0.1) is 6.61 Å². The van der Waals surface area contributed by atoms with Gasteiger partial charge in [-0.25, -0.2) is 4.39 Å². The molecule has 0 radical (unpaired) electrons. The Labute approximate surface area is 196 Å². The second-order valence-corrected chi connectivity index (χ2v) is 11.7. The molecule has 0 heterocycles. The van der Waals surface area contributed by atoms with Crippen molar-refractivity contribution in [2.75, 3.05) is 0 Å². The van der Waals surface area contributed by atoms with E-state index in [2.05, 4.69) is 19.9 Å². The van der Waals surface area contributed by atoms with Gasteiger partial charge in [0, 0.05) is 18.3 Å². The van der Waals surface area contributed by atoms with Gasteiger partial charge >= 0.3 is 0 Å². The van der Waals surface area contributed by atoms with Crippen molar-refractivity contribution in [1.29, 1.82) is 0 Å². The largest absolute Gasteiger partial charge is 0.382 e. The van der Waals surface area contributed by atoms with Crippen LogP contribution in [0.5, 0.6) is 0 Å². The molecule has 4 aliphatic rings. The molecule has 0 aliphatic heterocycles. The molecule has 33 heavy (non-hydrogen) atoms. The van der Waals surface area contributed by atoms with Crippen LogP contribution >= 0.6 is 0 Å². The third-order valence-electron chi connectivity index (χ3n) is 10.3. The summed E-state index contributed by atoms with van der Waals surface area (Å²) in [5, 5.41) is 22.6. The zero-order valence-corrected chi connectivity index (χ0v) is 20.1. The van der Waals surface area contributed by atoms with Crippen molar-refractivity contribution in [1.82, 2.24) is 0 Å². The van der Waals surface area contributed by atoms with E-state index in [1.54, 1.807) is 19.1 Å². The van der Waals surface area contributed by atoms with Crippen molar-refractivity contribution in [3.8, 4) is 0 Å². The monoisotopic (exact) mass is 456 g/mol. The Morgan fingerprint density at radius 1 is 1.06 bits per heavy atom. The summed E-state index contributed by atoms with van der Waals surface area (Å²) in [4.78, 5) is 12.4. The van der Waals surface area contributed by atoms with Crippen LogP contribution in [0.1, 0.15) is 77.7 Å². The fraction of sp³-hybridized carbons (Fsp3) is 0.679. The lowest BCUT2D eigenvalue weighted by Crippen LogP contribution is -2.57. The molecule has 4 nitrogen and oxygen atoms in total. The van der Waals surface area contributed by atoms with Crippen molar-refractivity contribution in [2.24, 2.45) is 28.6 Å². The first-order valence-corrected chi connectivity index (χ1v) is 12.5. The molecule has 3 saturated carbocycles. The van der Waals surface area contributed by atoms with E-state index in [0.29, 0.717) is 37.0 Å². The highest BCUT2D eigenvalue weighted by molar-refractivity contribution is 5.86. The van der Waals surface area contributed by atoms with Crippen LogP contribution in [0.2, 0.25) is 0 Å². The second-order valence-electron chi connectivity index (χ2n) is 11.7. The van der Waals surface area contributed by atoms with Crippen molar-refractivity contribution in [3.05, 3.63) is 47.3 Å². The van der Waals surface area contributed by atoms with E-state index < -0.39 is 11.4 Å². The minimum absolute atomic E-state index is 0.0205. The van der Waals surface area contributed by atoms with Crippen LogP contribution < -0.4 is 0 Å². The number of ether oxygens (including phenoxy) is 1. The van der Waals surface area contributed by atoms with E-state index in [1.165, 1.54) is 17.7 Å². The number of allylic oxidation sites excluding steroid dienone is 1. The summed E-state index contributed by atoms with van der Waals surface area (Å²) >= 11 is 0. The second kappa shape index (κ2) is 7.73. The lowest BCUT2D eigenvalue weighted by Gasteiger charge is -2.59. The number of fused-ring (bicyclic) bond motifs is 5. The van der Waals surface area contributed by atoms with Crippen LogP contribution in [-0.4, -0.2) is 27.4 Å². The zero-order valence-electron chi connectivity index (χ0n) is 20.1. The lowest BCUT2D eigenvalue weighted by atomic mass is 9.46. The molecule has 0 amide bonds. The van der Waals surface area contributed by atoms with E-state index in [1.807, 2.05) is 0 Å². The van der Waals surface area contributed by atoms with E-state index >= 15 is 0 Å². The summed E-state index contributed by atoms with van der Waals surface area (Å²) in [5.74, 6) is -0.220. The van der Waals surface area contributed by atoms with Gasteiger partial charge in [0.1, 0.15) is 11.4 Å². The van der Waals surface area contributed by atoms with Gasteiger partial charge in [0.25, 0.3) is 0 Å². The van der Waals surface area contributed by atoms with Crippen LogP contribution in [0, 0.1) is 34.4 Å². The van der Waals surface area contributed by atoms with Gasteiger partial charge in [0.15, 0.2) is 11.6 Å². The van der Waals surface area contributed by atoms with Gasteiger partial charge < -0.3 is 14.9 Å². The van der Waals surface area contributed by atoms with Crippen molar-refractivity contribution in [3.63, 3.8) is 0 Å². The molecule has 2 N–H and O–H groups in total. The number of rotatable bonds is 4. The normalized spacial score (nSPS) is 44.4. The maximum absolute atomic E-state index is 13.2. The average molecular weight is 457 g/mol. The number of Topliss-reactive ketones (excluding diaryl/α,β-unsaturated/α-hetero) is 1. The molecular formula is C28H37FO4. The number of hydrogen-bond acceptors (Lipinski definition) is 4. The van der Waals surface area contributed by atoms with E-state index in [-0.39, 0.29) is 29.0 Å². The fourth-order valence-corrected chi connectivity index (χ4v) is 8.13. The first-order valence-electron chi connectivity index (χ1n) is 12.5. The summed E-state index contributed by atoms with van der Waals surface area (Å²) < 4.78 is 19.2. The Morgan fingerprint density at radius 3 is 2.45 bits per heavy atom. The summed E-state index contributed by atoms with van der Waals surface area (Å²) in [7, 11) is 0. The smallest absolute Gasteiger partial charge is 0.169 e. The van der Waals surface area contributed by atoms with E-state index in [4.69, 9.17) is 4.74 Å². The number of benzene rings is 1. The number of aliphatic hydroxyl groups is 2. The summed E-state index contributed by atoms with van der Waals surface area (Å²) in [6, 6.07) is 6.22. The molecule has 0 saturated heterocycles. The summed E-state index contributed by atoms with van der Waals surface area (Å²) in [6.45, 7) is 6.31. The first-order chi connectivity index (χ1) is 15.5. The number of hydrogen-bond donors (Lipinski definition) is 2. The third-order valence-corrected chi connectivity index (χ3v) is 10.3. The molecule has 4 aliphatic carbocycles.